The molecule has 1 atom stereocenters. The van der Waals surface area contributed by atoms with Crippen molar-refractivity contribution in [2.45, 2.75) is 39.7 Å². The number of amides is 1. The van der Waals surface area contributed by atoms with Crippen LogP contribution in [0.3, 0.4) is 0 Å². The van der Waals surface area contributed by atoms with E-state index in [1.165, 1.54) is 16.7 Å². The van der Waals surface area contributed by atoms with Crippen LogP contribution < -0.4 is 5.32 Å². The molecule has 0 spiro atoms. The zero-order valence-corrected chi connectivity index (χ0v) is 13.1. The Labute approximate surface area is 122 Å². The molecule has 0 bridgehead atoms. The number of nitrogens with one attached hydrogen (secondary N) is 1. The van der Waals surface area contributed by atoms with Crippen molar-refractivity contribution >= 4 is 5.91 Å². The Balaban J connectivity index is 2.12. The average molecular weight is 274 g/mol. The van der Waals surface area contributed by atoms with E-state index < -0.39 is 0 Å². The highest BCUT2D eigenvalue weighted by Gasteiger charge is 2.27. The molecule has 0 radical (unpaired) electrons. The van der Waals surface area contributed by atoms with E-state index in [0.29, 0.717) is 5.91 Å². The highest BCUT2D eigenvalue weighted by atomic mass is 16.2. The van der Waals surface area contributed by atoms with Gasteiger partial charge in [0.05, 0.1) is 6.04 Å². The maximum Gasteiger partial charge on any atom is 0.226 e. The third kappa shape index (κ3) is 3.21. The predicted molar refractivity (Wildman–Crippen MR) is 82.7 cm³/mol. The molecule has 1 aromatic rings. The van der Waals surface area contributed by atoms with Crippen LogP contribution in [0.4, 0.5) is 0 Å². The van der Waals surface area contributed by atoms with Gasteiger partial charge in [0.25, 0.3) is 0 Å². The number of hydrogen-bond donors (Lipinski definition) is 1. The molecule has 1 N–H and O–H groups in total. The van der Waals surface area contributed by atoms with Gasteiger partial charge in [-0.25, -0.2) is 0 Å². The summed E-state index contributed by atoms with van der Waals surface area (Å²) < 4.78 is 0. The predicted octanol–water partition coefficient (Wildman–Crippen LogP) is 2.82. The Bertz CT molecular complexity index is 478. The molecule has 0 unspecified atom stereocenters. The van der Waals surface area contributed by atoms with Crippen LogP contribution in [-0.4, -0.2) is 30.9 Å². The summed E-state index contributed by atoms with van der Waals surface area (Å²) in [5.74, 6) is 0.480. The molecule has 1 fully saturated rings. The average Bonchev–Trinajstić information content (AvgIpc) is 2.48. The first-order chi connectivity index (χ1) is 9.50. The molecule has 1 saturated heterocycles. The van der Waals surface area contributed by atoms with Gasteiger partial charge in [-0.05, 0) is 57.8 Å². The molecular formula is C17H26N2O. The summed E-state index contributed by atoms with van der Waals surface area (Å²) in [5.41, 5.74) is 3.77. The van der Waals surface area contributed by atoms with Crippen LogP contribution in [0, 0.1) is 19.8 Å². The van der Waals surface area contributed by atoms with Crippen LogP contribution >= 0.6 is 0 Å². The lowest BCUT2D eigenvalue weighted by molar-refractivity contribution is -0.137. The summed E-state index contributed by atoms with van der Waals surface area (Å²) in [4.78, 5) is 14.5. The maximum absolute atomic E-state index is 12.6. The van der Waals surface area contributed by atoms with E-state index in [1.54, 1.807) is 0 Å². The molecular weight excluding hydrogens is 248 g/mol. The van der Waals surface area contributed by atoms with Crippen molar-refractivity contribution in [3.05, 3.63) is 34.9 Å². The SMILES string of the molecule is Cc1ccc(C)c([C@H](C)N(C)C(=O)C2CCNCC2)c1. The van der Waals surface area contributed by atoms with E-state index in [-0.39, 0.29) is 12.0 Å². The van der Waals surface area contributed by atoms with Crippen molar-refractivity contribution in [1.82, 2.24) is 10.2 Å². The van der Waals surface area contributed by atoms with Gasteiger partial charge < -0.3 is 10.2 Å². The molecule has 1 aromatic carbocycles. The molecule has 3 heteroatoms. The van der Waals surface area contributed by atoms with Gasteiger partial charge in [0, 0.05) is 13.0 Å². The molecule has 20 heavy (non-hydrogen) atoms. The Kier molecular flexibility index (Phi) is 4.81. The smallest absolute Gasteiger partial charge is 0.226 e. The van der Waals surface area contributed by atoms with Gasteiger partial charge in [0.15, 0.2) is 0 Å². The van der Waals surface area contributed by atoms with Crippen molar-refractivity contribution in [3.8, 4) is 0 Å². The molecule has 0 aliphatic carbocycles. The van der Waals surface area contributed by atoms with E-state index in [9.17, 15) is 4.79 Å². The van der Waals surface area contributed by atoms with Crippen LogP contribution in [0.25, 0.3) is 0 Å². The van der Waals surface area contributed by atoms with Crippen molar-refractivity contribution in [3.63, 3.8) is 0 Å². The monoisotopic (exact) mass is 274 g/mol. The van der Waals surface area contributed by atoms with Crippen LogP contribution in [0.2, 0.25) is 0 Å². The van der Waals surface area contributed by atoms with Crippen LogP contribution in [0.5, 0.6) is 0 Å². The molecule has 0 saturated carbocycles. The summed E-state index contributed by atoms with van der Waals surface area (Å²) in [5, 5.41) is 3.32. The normalized spacial score (nSPS) is 17.8. The Hall–Kier alpha value is -1.35. The highest BCUT2D eigenvalue weighted by Crippen LogP contribution is 2.26. The number of carbonyl (C=O) groups is 1. The highest BCUT2D eigenvalue weighted by molar-refractivity contribution is 5.79. The number of piperidine rings is 1. The topological polar surface area (TPSA) is 32.3 Å². The van der Waals surface area contributed by atoms with Gasteiger partial charge in [-0.1, -0.05) is 23.8 Å². The van der Waals surface area contributed by atoms with Gasteiger partial charge in [0.2, 0.25) is 5.91 Å². The van der Waals surface area contributed by atoms with Gasteiger partial charge in [-0.2, -0.15) is 0 Å². The first-order valence-corrected chi connectivity index (χ1v) is 7.55. The minimum absolute atomic E-state index is 0.136. The fourth-order valence-electron chi connectivity index (χ4n) is 2.97. The Morgan fingerprint density at radius 2 is 1.95 bits per heavy atom. The fraction of sp³-hybridized carbons (Fsp3) is 0.588. The number of aryl methyl sites for hydroxylation is 2. The minimum atomic E-state index is 0.136. The zero-order valence-electron chi connectivity index (χ0n) is 13.1. The van der Waals surface area contributed by atoms with Crippen molar-refractivity contribution in [1.29, 1.82) is 0 Å². The van der Waals surface area contributed by atoms with Crippen LogP contribution in [0.15, 0.2) is 18.2 Å². The van der Waals surface area contributed by atoms with E-state index in [1.807, 2.05) is 11.9 Å². The van der Waals surface area contributed by atoms with E-state index in [2.05, 4.69) is 44.3 Å². The minimum Gasteiger partial charge on any atom is -0.339 e. The molecule has 3 nitrogen and oxygen atoms in total. The molecule has 2 rings (SSSR count). The second kappa shape index (κ2) is 6.40. The van der Waals surface area contributed by atoms with E-state index in [0.717, 1.165) is 25.9 Å². The number of rotatable bonds is 3. The molecule has 0 aromatic heterocycles. The lowest BCUT2D eigenvalue weighted by atomic mass is 9.94. The molecule has 1 heterocycles. The molecule has 110 valence electrons. The summed E-state index contributed by atoms with van der Waals surface area (Å²) in [6, 6.07) is 6.61. The van der Waals surface area contributed by atoms with Crippen LogP contribution in [0.1, 0.15) is 42.5 Å². The second-order valence-corrected chi connectivity index (χ2v) is 6.01. The summed E-state index contributed by atoms with van der Waals surface area (Å²) in [7, 11) is 1.94. The second-order valence-electron chi connectivity index (χ2n) is 6.01. The summed E-state index contributed by atoms with van der Waals surface area (Å²) in [6.45, 7) is 8.27. The van der Waals surface area contributed by atoms with Crippen molar-refractivity contribution < 1.29 is 4.79 Å². The maximum atomic E-state index is 12.6. The number of carbonyl (C=O) groups excluding carboxylic acids is 1. The quantitative estimate of drug-likeness (QED) is 0.919. The first kappa shape index (κ1) is 15.0. The van der Waals surface area contributed by atoms with Gasteiger partial charge in [-0.15, -0.1) is 0 Å². The largest absolute Gasteiger partial charge is 0.339 e. The molecule has 1 aliphatic rings. The number of nitrogens with zero attached hydrogens (tertiary/aromatic N) is 1. The van der Waals surface area contributed by atoms with Crippen LogP contribution in [-0.2, 0) is 4.79 Å². The van der Waals surface area contributed by atoms with Crippen molar-refractivity contribution in [2.24, 2.45) is 5.92 Å². The van der Waals surface area contributed by atoms with Crippen molar-refractivity contribution in [2.75, 3.05) is 20.1 Å². The summed E-state index contributed by atoms with van der Waals surface area (Å²) in [6.07, 6.45) is 1.92. The third-order valence-electron chi connectivity index (χ3n) is 4.50. The molecule has 1 aliphatic heterocycles. The zero-order chi connectivity index (χ0) is 14.7. The van der Waals surface area contributed by atoms with Gasteiger partial charge in [0.1, 0.15) is 0 Å². The first-order valence-electron chi connectivity index (χ1n) is 7.55. The standard InChI is InChI=1S/C17H26N2O/c1-12-5-6-13(2)16(11-12)14(3)19(4)17(20)15-7-9-18-10-8-15/h5-6,11,14-15,18H,7-10H2,1-4H3/t14-/m0/s1. The fourth-order valence-corrected chi connectivity index (χ4v) is 2.97. The number of hydrogen-bond acceptors (Lipinski definition) is 2. The third-order valence-corrected chi connectivity index (χ3v) is 4.50. The lowest BCUT2D eigenvalue weighted by Gasteiger charge is -2.32. The Morgan fingerprint density at radius 3 is 2.60 bits per heavy atom. The lowest BCUT2D eigenvalue weighted by Crippen LogP contribution is -2.40. The van der Waals surface area contributed by atoms with Gasteiger partial charge in [-0.3, -0.25) is 4.79 Å². The van der Waals surface area contributed by atoms with E-state index >= 15 is 0 Å². The van der Waals surface area contributed by atoms with E-state index in [4.69, 9.17) is 0 Å². The van der Waals surface area contributed by atoms with Gasteiger partial charge >= 0.3 is 0 Å². The molecule has 1 amide bonds. The summed E-state index contributed by atoms with van der Waals surface area (Å²) >= 11 is 0. The number of benzene rings is 1. The Morgan fingerprint density at radius 1 is 1.30 bits per heavy atom.